The van der Waals surface area contributed by atoms with Gasteiger partial charge >= 0.3 is 6.03 Å². The molecule has 0 saturated heterocycles. The molecule has 6 heteroatoms. The number of aliphatic hydroxyl groups is 1. The Bertz CT molecular complexity index is 456. The second-order valence-electron chi connectivity index (χ2n) is 4.03. The molecule has 1 aromatic carbocycles. The lowest BCUT2D eigenvalue weighted by molar-refractivity contribution is 0.239. The standard InChI is InChI=1S/C12H16N4O2/c1-8-11(15-16-12(18)14-8)9-2-4-10(5-3-9)13-6-7-17/h2-5,8,13,17H,6-7H2,1H3,(H2,14,16,18). The van der Waals surface area contributed by atoms with Crippen LogP contribution in [0.25, 0.3) is 0 Å². The van der Waals surface area contributed by atoms with Gasteiger partial charge in [0.25, 0.3) is 0 Å². The third-order valence-electron chi connectivity index (χ3n) is 2.66. The Morgan fingerprint density at radius 3 is 2.72 bits per heavy atom. The number of amides is 2. The smallest absolute Gasteiger partial charge is 0.335 e. The van der Waals surface area contributed by atoms with E-state index in [1.807, 2.05) is 31.2 Å². The van der Waals surface area contributed by atoms with Crippen molar-refractivity contribution in [2.24, 2.45) is 5.10 Å². The number of carbonyl (C=O) groups is 1. The van der Waals surface area contributed by atoms with Crippen LogP contribution >= 0.6 is 0 Å². The maximum absolute atomic E-state index is 11.1. The van der Waals surface area contributed by atoms with Gasteiger partial charge < -0.3 is 15.7 Å². The van der Waals surface area contributed by atoms with Crippen LogP contribution in [0.2, 0.25) is 0 Å². The number of anilines is 1. The second-order valence-corrected chi connectivity index (χ2v) is 4.03. The van der Waals surface area contributed by atoms with E-state index >= 15 is 0 Å². The first-order valence-corrected chi connectivity index (χ1v) is 5.80. The minimum absolute atomic E-state index is 0.0987. The highest BCUT2D eigenvalue weighted by Gasteiger charge is 2.19. The van der Waals surface area contributed by atoms with Crippen molar-refractivity contribution in [2.75, 3.05) is 18.5 Å². The van der Waals surface area contributed by atoms with Gasteiger partial charge in [-0.3, -0.25) is 0 Å². The fraction of sp³-hybridized carbons (Fsp3) is 0.333. The molecular weight excluding hydrogens is 232 g/mol. The highest BCUT2D eigenvalue weighted by Crippen LogP contribution is 2.12. The van der Waals surface area contributed by atoms with Gasteiger partial charge in [0.1, 0.15) is 0 Å². The van der Waals surface area contributed by atoms with Crippen molar-refractivity contribution in [1.82, 2.24) is 10.7 Å². The van der Waals surface area contributed by atoms with Gasteiger partial charge in [0, 0.05) is 17.8 Å². The molecule has 96 valence electrons. The molecule has 0 bridgehead atoms. The first-order valence-electron chi connectivity index (χ1n) is 5.80. The third-order valence-corrected chi connectivity index (χ3v) is 2.66. The van der Waals surface area contributed by atoms with Gasteiger partial charge in [0.15, 0.2) is 0 Å². The molecule has 0 saturated carbocycles. The fourth-order valence-corrected chi connectivity index (χ4v) is 1.78. The van der Waals surface area contributed by atoms with Gasteiger partial charge in [0.05, 0.1) is 18.4 Å². The topological polar surface area (TPSA) is 85.8 Å². The molecule has 1 aliphatic heterocycles. The van der Waals surface area contributed by atoms with E-state index in [1.165, 1.54) is 0 Å². The van der Waals surface area contributed by atoms with Crippen LogP contribution in [0.5, 0.6) is 0 Å². The fourth-order valence-electron chi connectivity index (χ4n) is 1.78. The van der Waals surface area contributed by atoms with Gasteiger partial charge in [-0.2, -0.15) is 5.10 Å². The summed E-state index contributed by atoms with van der Waals surface area (Å²) in [5.74, 6) is 0. The van der Waals surface area contributed by atoms with E-state index in [4.69, 9.17) is 5.11 Å². The number of rotatable bonds is 4. The summed E-state index contributed by atoms with van der Waals surface area (Å²) in [7, 11) is 0. The van der Waals surface area contributed by atoms with Crippen molar-refractivity contribution in [3.05, 3.63) is 29.8 Å². The summed E-state index contributed by atoms with van der Waals surface area (Å²) in [4.78, 5) is 11.1. The first-order chi connectivity index (χ1) is 8.70. The number of carbonyl (C=O) groups excluding carboxylic acids is 1. The van der Waals surface area contributed by atoms with Crippen LogP contribution in [-0.4, -0.2) is 36.0 Å². The predicted octanol–water partition coefficient (Wildman–Crippen LogP) is 0.496. The number of benzene rings is 1. The molecule has 18 heavy (non-hydrogen) atoms. The molecule has 1 heterocycles. The lowest BCUT2D eigenvalue weighted by atomic mass is 10.0. The Morgan fingerprint density at radius 1 is 1.39 bits per heavy atom. The predicted molar refractivity (Wildman–Crippen MR) is 69.7 cm³/mol. The van der Waals surface area contributed by atoms with Crippen LogP contribution in [0.3, 0.4) is 0 Å². The summed E-state index contributed by atoms with van der Waals surface area (Å²) in [6, 6.07) is 7.28. The Hall–Kier alpha value is -2.08. The minimum atomic E-state index is -0.285. The van der Waals surface area contributed by atoms with E-state index in [9.17, 15) is 4.79 Å². The molecule has 1 atom stereocenters. The number of hydrogen-bond acceptors (Lipinski definition) is 4. The van der Waals surface area contributed by atoms with Crippen LogP contribution in [0.4, 0.5) is 10.5 Å². The molecule has 0 fully saturated rings. The molecule has 2 rings (SSSR count). The van der Waals surface area contributed by atoms with Crippen LogP contribution in [0, 0.1) is 0 Å². The SMILES string of the molecule is CC1NC(=O)NN=C1c1ccc(NCCO)cc1. The van der Waals surface area contributed by atoms with Crippen molar-refractivity contribution in [1.29, 1.82) is 0 Å². The molecular formula is C12H16N4O2. The normalized spacial score (nSPS) is 18.7. The van der Waals surface area contributed by atoms with E-state index in [2.05, 4.69) is 21.2 Å². The summed E-state index contributed by atoms with van der Waals surface area (Å²) in [5, 5.41) is 18.6. The van der Waals surface area contributed by atoms with Crippen molar-refractivity contribution < 1.29 is 9.90 Å². The number of nitrogens with zero attached hydrogens (tertiary/aromatic N) is 1. The summed E-state index contributed by atoms with van der Waals surface area (Å²) in [6.07, 6.45) is 0. The maximum atomic E-state index is 11.1. The zero-order chi connectivity index (χ0) is 13.0. The van der Waals surface area contributed by atoms with Crippen LogP contribution < -0.4 is 16.1 Å². The summed E-state index contributed by atoms with van der Waals surface area (Å²) < 4.78 is 0. The molecule has 0 aromatic heterocycles. The largest absolute Gasteiger partial charge is 0.395 e. The summed E-state index contributed by atoms with van der Waals surface area (Å²) in [6.45, 7) is 2.51. The molecule has 2 amide bonds. The zero-order valence-electron chi connectivity index (χ0n) is 10.1. The molecule has 1 unspecified atom stereocenters. The average molecular weight is 248 g/mol. The number of nitrogens with one attached hydrogen (secondary N) is 3. The molecule has 1 aromatic rings. The molecule has 1 aliphatic rings. The zero-order valence-corrected chi connectivity index (χ0v) is 10.1. The summed E-state index contributed by atoms with van der Waals surface area (Å²) >= 11 is 0. The number of hydrogen-bond donors (Lipinski definition) is 4. The number of urea groups is 1. The third kappa shape index (κ3) is 2.78. The van der Waals surface area contributed by atoms with Gasteiger partial charge in [-0.05, 0) is 19.1 Å². The summed E-state index contributed by atoms with van der Waals surface area (Å²) in [5.41, 5.74) is 5.08. The molecule has 4 N–H and O–H groups in total. The number of aliphatic hydroxyl groups excluding tert-OH is 1. The quantitative estimate of drug-likeness (QED) is 0.626. The first kappa shape index (κ1) is 12.4. The Labute approximate surface area is 105 Å². The molecule has 0 radical (unpaired) electrons. The van der Waals surface area contributed by atoms with Crippen LogP contribution in [-0.2, 0) is 0 Å². The van der Waals surface area contributed by atoms with E-state index in [1.54, 1.807) is 0 Å². The Morgan fingerprint density at radius 2 is 2.11 bits per heavy atom. The lowest BCUT2D eigenvalue weighted by Crippen LogP contribution is -2.48. The molecule has 0 aliphatic carbocycles. The highest BCUT2D eigenvalue weighted by atomic mass is 16.3. The van der Waals surface area contributed by atoms with Gasteiger partial charge in [-0.1, -0.05) is 12.1 Å². The highest BCUT2D eigenvalue weighted by molar-refractivity contribution is 6.07. The Balaban J connectivity index is 2.12. The van der Waals surface area contributed by atoms with E-state index < -0.39 is 0 Å². The molecule has 0 spiro atoms. The van der Waals surface area contributed by atoms with Gasteiger partial charge in [0.2, 0.25) is 0 Å². The van der Waals surface area contributed by atoms with Gasteiger partial charge in [-0.15, -0.1) is 0 Å². The van der Waals surface area contributed by atoms with Crippen LogP contribution in [0.1, 0.15) is 12.5 Å². The maximum Gasteiger partial charge on any atom is 0.335 e. The van der Waals surface area contributed by atoms with Gasteiger partial charge in [-0.25, -0.2) is 10.2 Å². The Kier molecular flexibility index (Phi) is 3.78. The molecule has 6 nitrogen and oxygen atoms in total. The second kappa shape index (κ2) is 5.50. The minimum Gasteiger partial charge on any atom is -0.395 e. The van der Waals surface area contributed by atoms with Crippen molar-refractivity contribution in [3.63, 3.8) is 0 Å². The van der Waals surface area contributed by atoms with Crippen LogP contribution in [0.15, 0.2) is 29.4 Å². The van der Waals surface area contributed by atoms with Crippen molar-refractivity contribution in [3.8, 4) is 0 Å². The average Bonchev–Trinajstić information content (AvgIpc) is 2.37. The lowest BCUT2D eigenvalue weighted by Gasteiger charge is -2.21. The van der Waals surface area contributed by atoms with Crippen molar-refractivity contribution >= 4 is 17.4 Å². The van der Waals surface area contributed by atoms with E-state index in [-0.39, 0.29) is 18.7 Å². The van der Waals surface area contributed by atoms with Crippen molar-refractivity contribution in [2.45, 2.75) is 13.0 Å². The van der Waals surface area contributed by atoms with E-state index in [0.29, 0.717) is 6.54 Å². The van der Waals surface area contributed by atoms with E-state index in [0.717, 1.165) is 17.0 Å². The monoisotopic (exact) mass is 248 g/mol. The number of hydrazone groups is 1.